The molecule has 1 saturated carbocycles. The van der Waals surface area contributed by atoms with Crippen molar-refractivity contribution in [1.29, 1.82) is 0 Å². The van der Waals surface area contributed by atoms with Crippen LogP contribution in [-0.4, -0.2) is 0 Å². The summed E-state index contributed by atoms with van der Waals surface area (Å²) >= 11 is 0. The Morgan fingerprint density at radius 2 is 2.30 bits per heavy atom. The third-order valence-corrected chi connectivity index (χ3v) is 2.72. The first kappa shape index (κ1) is 7.84. The Balaban J connectivity index is 2.45. The topological polar surface area (TPSA) is 0 Å². The molecule has 0 nitrogen and oxygen atoms in total. The van der Waals surface area contributed by atoms with E-state index >= 15 is 0 Å². The molecule has 0 aromatic heterocycles. The first-order valence-electron chi connectivity index (χ1n) is 4.41. The van der Waals surface area contributed by atoms with Gasteiger partial charge in [-0.05, 0) is 37.5 Å². The maximum absolute atomic E-state index is 4.10. The molecule has 0 aromatic rings. The first-order valence-corrected chi connectivity index (χ1v) is 4.41. The average Bonchev–Trinajstić information content (AvgIpc) is 1.94. The van der Waals surface area contributed by atoms with Crippen LogP contribution in [0.15, 0.2) is 12.2 Å². The fourth-order valence-corrected chi connectivity index (χ4v) is 1.86. The smallest absolute Gasteiger partial charge is 0.0206 e. The molecule has 1 aliphatic rings. The van der Waals surface area contributed by atoms with Gasteiger partial charge in [-0.1, -0.05) is 26.0 Å². The molecule has 0 radical (unpaired) electrons. The van der Waals surface area contributed by atoms with Gasteiger partial charge in [0.15, 0.2) is 0 Å². The highest BCUT2D eigenvalue weighted by Crippen LogP contribution is 2.33. The normalized spacial score (nSPS) is 34.4. The lowest BCUT2D eigenvalue weighted by molar-refractivity contribution is 0.347. The molecule has 2 atom stereocenters. The van der Waals surface area contributed by atoms with Gasteiger partial charge in [-0.3, -0.25) is 0 Å². The van der Waals surface area contributed by atoms with Crippen LogP contribution in [0.1, 0.15) is 39.5 Å². The fraction of sp³-hybridized carbons (Fsp3) is 0.800. The molecule has 0 heteroatoms. The van der Waals surface area contributed by atoms with Gasteiger partial charge in [0.1, 0.15) is 0 Å². The molecule has 0 heterocycles. The summed E-state index contributed by atoms with van der Waals surface area (Å²) in [6.45, 7) is 8.73. The van der Waals surface area contributed by atoms with Crippen LogP contribution in [-0.2, 0) is 0 Å². The summed E-state index contributed by atoms with van der Waals surface area (Å²) in [5.74, 6) is 1.78. The van der Waals surface area contributed by atoms with E-state index in [0.717, 1.165) is 11.8 Å². The minimum Gasteiger partial charge on any atom is -0.0996 e. The van der Waals surface area contributed by atoms with Gasteiger partial charge in [0, 0.05) is 0 Å². The van der Waals surface area contributed by atoms with Crippen molar-refractivity contribution in [3.05, 3.63) is 12.2 Å². The predicted octanol–water partition coefficient (Wildman–Crippen LogP) is 3.39. The SMILES string of the molecule is C=C1CCC(C)CC1CC. The number of hydrogen-bond acceptors (Lipinski definition) is 0. The Labute approximate surface area is 64.3 Å². The van der Waals surface area contributed by atoms with Gasteiger partial charge in [0.25, 0.3) is 0 Å². The molecule has 1 aliphatic carbocycles. The largest absolute Gasteiger partial charge is 0.0996 e. The molecule has 1 fully saturated rings. The molecule has 58 valence electrons. The van der Waals surface area contributed by atoms with Crippen LogP contribution in [0, 0.1) is 11.8 Å². The van der Waals surface area contributed by atoms with Crippen LogP contribution >= 0.6 is 0 Å². The molecule has 0 spiro atoms. The van der Waals surface area contributed by atoms with Gasteiger partial charge in [0.2, 0.25) is 0 Å². The van der Waals surface area contributed by atoms with Crippen molar-refractivity contribution >= 4 is 0 Å². The van der Waals surface area contributed by atoms with Crippen molar-refractivity contribution in [3.63, 3.8) is 0 Å². The van der Waals surface area contributed by atoms with E-state index in [4.69, 9.17) is 0 Å². The van der Waals surface area contributed by atoms with Crippen LogP contribution in [0.5, 0.6) is 0 Å². The second kappa shape index (κ2) is 3.23. The van der Waals surface area contributed by atoms with Gasteiger partial charge in [-0.2, -0.15) is 0 Å². The highest BCUT2D eigenvalue weighted by atomic mass is 14.2. The molecular formula is C10H18. The Bertz CT molecular complexity index is 124. The number of hydrogen-bond donors (Lipinski definition) is 0. The van der Waals surface area contributed by atoms with Crippen molar-refractivity contribution in [1.82, 2.24) is 0 Å². The summed E-state index contributed by atoms with van der Waals surface area (Å²) in [5.41, 5.74) is 1.50. The standard InChI is InChI=1S/C10H18/c1-4-10-7-8(2)5-6-9(10)3/h8,10H,3-7H2,1-2H3. The van der Waals surface area contributed by atoms with Crippen molar-refractivity contribution in [3.8, 4) is 0 Å². The molecular weight excluding hydrogens is 120 g/mol. The zero-order chi connectivity index (χ0) is 7.56. The molecule has 2 unspecified atom stereocenters. The van der Waals surface area contributed by atoms with Crippen LogP contribution in [0.25, 0.3) is 0 Å². The van der Waals surface area contributed by atoms with E-state index in [1.807, 2.05) is 0 Å². The maximum atomic E-state index is 4.10. The first-order chi connectivity index (χ1) is 4.74. The van der Waals surface area contributed by atoms with E-state index in [9.17, 15) is 0 Å². The van der Waals surface area contributed by atoms with Crippen LogP contribution in [0.2, 0.25) is 0 Å². The van der Waals surface area contributed by atoms with Gasteiger partial charge in [-0.15, -0.1) is 0 Å². The zero-order valence-electron chi connectivity index (χ0n) is 7.19. The van der Waals surface area contributed by atoms with Crippen LogP contribution in [0.4, 0.5) is 0 Å². The van der Waals surface area contributed by atoms with Gasteiger partial charge in [0.05, 0.1) is 0 Å². The Kier molecular flexibility index (Phi) is 2.53. The highest BCUT2D eigenvalue weighted by molar-refractivity contribution is 5.03. The van der Waals surface area contributed by atoms with Crippen LogP contribution < -0.4 is 0 Å². The van der Waals surface area contributed by atoms with E-state index in [1.165, 1.54) is 31.3 Å². The van der Waals surface area contributed by atoms with E-state index < -0.39 is 0 Å². The lowest BCUT2D eigenvalue weighted by atomic mass is 9.78. The van der Waals surface area contributed by atoms with Crippen molar-refractivity contribution in [2.45, 2.75) is 39.5 Å². The lowest BCUT2D eigenvalue weighted by Gasteiger charge is -2.27. The summed E-state index contributed by atoms with van der Waals surface area (Å²) in [6, 6.07) is 0. The number of allylic oxidation sites excluding steroid dienone is 1. The second-order valence-electron chi connectivity index (χ2n) is 3.64. The Morgan fingerprint density at radius 3 is 2.80 bits per heavy atom. The predicted molar refractivity (Wildman–Crippen MR) is 45.9 cm³/mol. The molecule has 1 rings (SSSR count). The number of rotatable bonds is 1. The van der Waals surface area contributed by atoms with E-state index in [1.54, 1.807) is 0 Å². The van der Waals surface area contributed by atoms with Gasteiger partial charge in [-0.25, -0.2) is 0 Å². The summed E-state index contributed by atoms with van der Waals surface area (Å²) in [7, 11) is 0. The second-order valence-corrected chi connectivity index (χ2v) is 3.64. The molecule has 0 aliphatic heterocycles. The fourth-order valence-electron chi connectivity index (χ4n) is 1.86. The van der Waals surface area contributed by atoms with Crippen molar-refractivity contribution in [2.24, 2.45) is 11.8 Å². The quantitative estimate of drug-likeness (QED) is 0.487. The van der Waals surface area contributed by atoms with Gasteiger partial charge < -0.3 is 0 Å². The summed E-state index contributed by atoms with van der Waals surface area (Å²) in [4.78, 5) is 0. The Hall–Kier alpha value is -0.260. The molecule has 0 bridgehead atoms. The minimum atomic E-state index is 0.837. The monoisotopic (exact) mass is 138 g/mol. The van der Waals surface area contributed by atoms with E-state index in [2.05, 4.69) is 20.4 Å². The molecule has 0 saturated heterocycles. The summed E-state index contributed by atoms with van der Waals surface area (Å²) in [6.07, 6.45) is 5.33. The molecule has 0 amide bonds. The highest BCUT2D eigenvalue weighted by Gasteiger charge is 2.19. The third-order valence-electron chi connectivity index (χ3n) is 2.72. The zero-order valence-corrected chi connectivity index (χ0v) is 7.19. The summed E-state index contributed by atoms with van der Waals surface area (Å²) in [5, 5.41) is 0. The average molecular weight is 138 g/mol. The van der Waals surface area contributed by atoms with Crippen LogP contribution in [0.3, 0.4) is 0 Å². The lowest BCUT2D eigenvalue weighted by Crippen LogP contribution is -2.14. The van der Waals surface area contributed by atoms with Crippen molar-refractivity contribution in [2.75, 3.05) is 0 Å². The Morgan fingerprint density at radius 1 is 1.60 bits per heavy atom. The minimum absolute atomic E-state index is 0.837. The maximum Gasteiger partial charge on any atom is -0.0206 e. The van der Waals surface area contributed by atoms with Gasteiger partial charge >= 0.3 is 0 Å². The van der Waals surface area contributed by atoms with E-state index in [-0.39, 0.29) is 0 Å². The molecule has 0 N–H and O–H groups in total. The molecule has 10 heavy (non-hydrogen) atoms. The molecule has 0 aromatic carbocycles. The summed E-state index contributed by atoms with van der Waals surface area (Å²) < 4.78 is 0. The van der Waals surface area contributed by atoms with E-state index in [0.29, 0.717) is 0 Å². The van der Waals surface area contributed by atoms with Crippen molar-refractivity contribution < 1.29 is 0 Å². The third kappa shape index (κ3) is 1.62.